The van der Waals surface area contributed by atoms with Gasteiger partial charge in [0.1, 0.15) is 5.82 Å². The number of nitrogens with zero attached hydrogens (tertiary/aromatic N) is 1. The van der Waals surface area contributed by atoms with E-state index in [-0.39, 0.29) is 17.9 Å². The molecule has 5 nitrogen and oxygen atoms in total. The molecule has 0 aromatic heterocycles. The second-order valence-electron chi connectivity index (χ2n) is 5.10. The molecule has 0 radical (unpaired) electrons. The Morgan fingerprint density at radius 3 is 2.71 bits per heavy atom. The molecule has 1 aromatic carbocycles. The van der Waals surface area contributed by atoms with Gasteiger partial charge >= 0.3 is 6.03 Å². The van der Waals surface area contributed by atoms with Gasteiger partial charge in [0.15, 0.2) is 0 Å². The molecule has 0 aliphatic heterocycles. The first-order chi connectivity index (χ1) is 9.95. The number of carbonyl (C=O) groups is 1. The molecule has 0 aliphatic rings. The maximum Gasteiger partial charge on any atom is 0.319 e. The van der Waals surface area contributed by atoms with Gasteiger partial charge < -0.3 is 20.3 Å². The van der Waals surface area contributed by atoms with E-state index in [4.69, 9.17) is 4.74 Å². The minimum absolute atomic E-state index is 0.197. The predicted molar refractivity (Wildman–Crippen MR) is 83.5 cm³/mol. The number of hydrogen-bond acceptors (Lipinski definition) is 3. The molecule has 21 heavy (non-hydrogen) atoms. The van der Waals surface area contributed by atoms with Crippen LogP contribution in [0, 0.1) is 5.82 Å². The van der Waals surface area contributed by atoms with Gasteiger partial charge in [-0.1, -0.05) is 0 Å². The molecule has 1 rings (SSSR count). The van der Waals surface area contributed by atoms with Gasteiger partial charge in [0.25, 0.3) is 0 Å². The van der Waals surface area contributed by atoms with Gasteiger partial charge in [-0.15, -0.1) is 0 Å². The van der Waals surface area contributed by atoms with Crippen molar-refractivity contribution in [1.82, 2.24) is 5.32 Å². The Hall–Kier alpha value is -1.82. The molecular weight excluding hydrogens is 273 g/mol. The van der Waals surface area contributed by atoms with Crippen LogP contribution in [-0.4, -0.2) is 39.4 Å². The molecule has 0 unspecified atom stereocenters. The molecule has 0 spiro atoms. The third-order valence-corrected chi connectivity index (χ3v) is 3.17. The topological polar surface area (TPSA) is 53.6 Å². The lowest BCUT2D eigenvalue weighted by molar-refractivity contribution is 0.194. The van der Waals surface area contributed by atoms with E-state index in [2.05, 4.69) is 10.6 Å². The van der Waals surface area contributed by atoms with Crippen molar-refractivity contribution >= 4 is 17.4 Å². The van der Waals surface area contributed by atoms with E-state index in [1.165, 1.54) is 6.07 Å². The van der Waals surface area contributed by atoms with E-state index in [1.54, 1.807) is 19.2 Å². The number of halogens is 1. The Morgan fingerprint density at radius 2 is 2.14 bits per heavy atom. The van der Waals surface area contributed by atoms with Crippen LogP contribution in [-0.2, 0) is 4.74 Å². The van der Waals surface area contributed by atoms with Crippen molar-refractivity contribution in [2.45, 2.75) is 26.3 Å². The van der Waals surface area contributed by atoms with Gasteiger partial charge in [0, 0.05) is 39.0 Å². The van der Waals surface area contributed by atoms with Crippen molar-refractivity contribution in [2.75, 3.05) is 37.5 Å². The van der Waals surface area contributed by atoms with Crippen LogP contribution in [0.2, 0.25) is 0 Å². The number of urea groups is 1. The molecule has 1 aromatic rings. The number of amides is 2. The fourth-order valence-corrected chi connectivity index (χ4v) is 1.74. The van der Waals surface area contributed by atoms with Crippen molar-refractivity contribution in [1.29, 1.82) is 0 Å². The molecule has 0 atom stereocenters. The number of carbonyl (C=O) groups excluding carboxylic acids is 1. The van der Waals surface area contributed by atoms with E-state index in [9.17, 15) is 9.18 Å². The molecule has 0 fully saturated rings. The van der Waals surface area contributed by atoms with Gasteiger partial charge in [-0.2, -0.15) is 0 Å². The maximum atomic E-state index is 14.0. The second-order valence-corrected chi connectivity index (χ2v) is 5.10. The minimum Gasteiger partial charge on any atom is -0.385 e. The zero-order chi connectivity index (χ0) is 15.8. The molecule has 0 saturated heterocycles. The number of rotatable bonds is 7. The van der Waals surface area contributed by atoms with Crippen LogP contribution in [0.3, 0.4) is 0 Å². The highest BCUT2D eigenvalue weighted by molar-refractivity contribution is 5.89. The van der Waals surface area contributed by atoms with Crippen LogP contribution in [0.25, 0.3) is 0 Å². The first-order valence-corrected chi connectivity index (χ1v) is 7.02. The van der Waals surface area contributed by atoms with Crippen molar-refractivity contribution in [2.24, 2.45) is 0 Å². The largest absolute Gasteiger partial charge is 0.385 e. The van der Waals surface area contributed by atoms with Crippen LogP contribution in [0.5, 0.6) is 0 Å². The quantitative estimate of drug-likeness (QED) is 0.761. The van der Waals surface area contributed by atoms with E-state index in [1.807, 2.05) is 25.8 Å². The third-order valence-electron chi connectivity index (χ3n) is 3.17. The van der Waals surface area contributed by atoms with Crippen LogP contribution in [0.1, 0.15) is 20.3 Å². The van der Waals surface area contributed by atoms with Gasteiger partial charge in [0.2, 0.25) is 0 Å². The maximum absolute atomic E-state index is 14.0. The smallest absolute Gasteiger partial charge is 0.319 e. The molecule has 0 bridgehead atoms. The van der Waals surface area contributed by atoms with E-state index < -0.39 is 0 Å². The number of nitrogens with one attached hydrogen (secondary N) is 2. The van der Waals surface area contributed by atoms with E-state index >= 15 is 0 Å². The van der Waals surface area contributed by atoms with Crippen LogP contribution < -0.4 is 15.5 Å². The lowest BCUT2D eigenvalue weighted by Crippen LogP contribution is -2.30. The molecule has 0 aliphatic carbocycles. The number of methoxy groups -OCH3 is 1. The number of hydrogen-bond donors (Lipinski definition) is 2. The molecule has 2 N–H and O–H groups in total. The zero-order valence-electron chi connectivity index (χ0n) is 13.1. The monoisotopic (exact) mass is 297 g/mol. The summed E-state index contributed by atoms with van der Waals surface area (Å²) >= 11 is 0. The van der Waals surface area contributed by atoms with Crippen molar-refractivity contribution in [3.63, 3.8) is 0 Å². The molecule has 118 valence electrons. The van der Waals surface area contributed by atoms with Crippen LogP contribution in [0.4, 0.5) is 20.6 Å². The standard InChI is InChI=1S/C15H24FN3O2/c1-11(2)19(3)14-7-6-12(10-13(14)16)18-15(20)17-8-5-9-21-4/h6-7,10-11H,5,8-9H2,1-4H3,(H2,17,18,20). The highest BCUT2D eigenvalue weighted by Crippen LogP contribution is 2.23. The third kappa shape index (κ3) is 5.59. The van der Waals surface area contributed by atoms with E-state index in [0.29, 0.717) is 24.5 Å². The molecular formula is C15H24FN3O2. The number of benzene rings is 1. The fourth-order valence-electron chi connectivity index (χ4n) is 1.74. The normalized spacial score (nSPS) is 10.6. The highest BCUT2D eigenvalue weighted by Gasteiger charge is 2.11. The highest BCUT2D eigenvalue weighted by atomic mass is 19.1. The Kier molecular flexibility index (Phi) is 6.94. The molecule has 2 amide bonds. The second kappa shape index (κ2) is 8.46. The first-order valence-electron chi connectivity index (χ1n) is 7.02. The summed E-state index contributed by atoms with van der Waals surface area (Å²) in [5.74, 6) is -0.358. The fraction of sp³-hybridized carbons (Fsp3) is 0.533. The Bertz CT molecular complexity index is 466. The van der Waals surface area contributed by atoms with Crippen molar-refractivity contribution < 1.29 is 13.9 Å². The Balaban J connectivity index is 2.57. The summed E-state index contributed by atoms with van der Waals surface area (Å²) < 4.78 is 18.9. The summed E-state index contributed by atoms with van der Waals surface area (Å²) in [6.45, 7) is 5.07. The van der Waals surface area contributed by atoms with Crippen molar-refractivity contribution in [3.05, 3.63) is 24.0 Å². The summed E-state index contributed by atoms with van der Waals surface area (Å²) in [4.78, 5) is 13.5. The summed E-state index contributed by atoms with van der Waals surface area (Å²) in [5.41, 5.74) is 0.939. The van der Waals surface area contributed by atoms with Crippen molar-refractivity contribution in [3.8, 4) is 0 Å². The van der Waals surface area contributed by atoms with Crippen LogP contribution >= 0.6 is 0 Å². The first kappa shape index (κ1) is 17.2. The van der Waals surface area contributed by atoms with Gasteiger partial charge in [-0.3, -0.25) is 0 Å². The lowest BCUT2D eigenvalue weighted by atomic mass is 10.2. The minimum atomic E-state index is -0.358. The molecule has 6 heteroatoms. The summed E-state index contributed by atoms with van der Waals surface area (Å²) in [7, 11) is 3.44. The Morgan fingerprint density at radius 1 is 1.43 bits per heavy atom. The number of anilines is 2. The lowest BCUT2D eigenvalue weighted by Gasteiger charge is -2.24. The average Bonchev–Trinajstić information content (AvgIpc) is 2.43. The molecule has 0 saturated carbocycles. The zero-order valence-corrected chi connectivity index (χ0v) is 13.1. The predicted octanol–water partition coefficient (Wildman–Crippen LogP) is 2.83. The number of ether oxygens (including phenoxy) is 1. The van der Waals surface area contributed by atoms with Gasteiger partial charge in [-0.05, 0) is 38.5 Å². The Labute approximate surface area is 125 Å². The summed E-state index contributed by atoms with van der Waals surface area (Å²) in [6, 6.07) is 4.52. The van der Waals surface area contributed by atoms with Gasteiger partial charge in [0.05, 0.1) is 5.69 Å². The van der Waals surface area contributed by atoms with Crippen LogP contribution in [0.15, 0.2) is 18.2 Å². The summed E-state index contributed by atoms with van der Waals surface area (Å²) in [5, 5.41) is 5.28. The summed E-state index contributed by atoms with van der Waals surface area (Å²) in [6.07, 6.45) is 0.733. The van der Waals surface area contributed by atoms with Gasteiger partial charge in [-0.25, -0.2) is 9.18 Å². The SMILES string of the molecule is COCCCNC(=O)Nc1ccc(N(C)C(C)C)c(F)c1. The molecule has 0 heterocycles. The average molecular weight is 297 g/mol. The van der Waals surface area contributed by atoms with E-state index in [0.717, 1.165) is 6.42 Å².